The van der Waals surface area contributed by atoms with Gasteiger partial charge in [-0.3, -0.25) is 0 Å². The zero-order valence-corrected chi connectivity index (χ0v) is 15.8. The van der Waals surface area contributed by atoms with Gasteiger partial charge < -0.3 is 9.64 Å². The first-order valence-electron chi connectivity index (χ1n) is 9.39. The molecule has 1 aliphatic rings. The predicted octanol–water partition coefficient (Wildman–Crippen LogP) is 5.05. The number of fused-ring (bicyclic) bond motifs is 1. The summed E-state index contributed by atoms with van der Waals surface area (Å²) in [6.45, 7) is 5.84. The third-order valence-corrected chi connectivity index (χ3v) is 5.74. The second-order valence-corrected chi connectivity index (χ2v) is 7.51. The van der Waals surface area contributed by atoms with Gasteiger partial charge in [0.1, 0.15) is 5.75 Å². The van der Waals surface area contributed by atoms with Crippen molar-refractivity contribution in [2.24, 2.45) is 5.92 Å². The maximum Gasteiger partial charge on any atom is 0.119 e. The number of aryl methyl sites for hydroxylation is 1. The van der Waals surface area contributed by atoms with E-state index in [-0.39, 0.29) is 0 Å². The van der Waals surface area contributed by atoms with Crippen molar-refractivity contribution in [2.75, 3.05) is 27.7 Å². The highest BCUT2D eigenvalue weighted by Crippen LogP contribution is 2.50. The Bertz CT molecular complexity index is 497. The number of rotatable bonds is 8. The maximum absolute atomic E-state index is 5.56. The van der Waals surface area contributed by atoms with Crippen molar-refractivity contribution in [3.8, 4) is 5.75 Å². The van der Waals surface area contributed by atoms with Crippen LogP contribution in [0.1, 0.15) is 63.5 Å². The molecule has 2 heteroatoms. The molecule has 2 atom stereocenters. The van der Waals surface area contributed by atoms with Crippen LogP contribution in [0.3, 0.4) is 0 Å². The molecule has 0 fully saturated rings. The molecule has 2 rings (SSSR count). The topological polar surface area (TPSA) is 12.5 Å². The molecule has 0 aromatic heterocycles. The van der Waals surface area contributed by atoms with Crippen LogP contribution in [0.15, 0.2) is 18.2 Å². The Morgan fingerprint density at radius 1 is 1.17 bits per heavy atom. The number of nitrogens with zero attached hydrogens (tertiary/aromatic N) is 1. The van der Waals surface area contributed by atoms with E-state index < -0.39 is 0 Å². The molecule has 0 heterocycles. The van der Waals surface area contributed by atoms with Gasteiger partial charge in [0.15, 0.2) is 0 Å². The van der Waals surface area contributed by atoms with Crippen molar-refractivity contribution in [1.82, 2.24) is 4.90 Å². The van der Waals surface area contributed by atoms with E-state index in [2.05, 4.69) is 51.0 Å². The van der Waals surface area contributed by atoms with E-state index >= 15 is 0 Å². The minimum Gasteiger partial charge on any atom is -0.497 e. The molecule has 130 valence electrons. The molecule has 0 spiro atoms. The first-order chi connectivity index (χ1) is 11.1. The molecule has 1 aromatic carbocycles. The van der Waals surface area contributed by atoms with Gasteiger partial charge in [0.05, 0.1) is 7.11 Å². The summed E-state index contributed by atoms with van der Waals surface area (Å²) < 4.78 is 5.56. The second kappa shape index (κ2) is 8.19. The summed E-state index contributed by atoms with van der Waals surface area (Å²) in [7, 11) is 6.18. The lowest BCUT2D eigenvalue weighted by molar-refractivity contribution is 0.169. The van der Waals surface area contributed by atoms with Gasteiger partial charge in [-0.25, -0.2) is 0 Å². The molecule has 0 saturated carbocycles. The number of ether oxygens (including phenoxy) is 1. The zero-order chi connectivity index (χ0) is 16.9. The minimum absolute atomic E-state index is 0.331. The molecule has 0 saturated heterocycles. The highest BCUT2D eigenvalue weighted by atomic mass is 16.5. The quantitative estimate of drug-likeness (QED) is 0.665. The van der Waals surface area contributed by atoms with Gasteiger partial charge in [-0.15, -0.1) is 0 Å². The fraction of sp³-hybridized carbons (Fsp3) is 0.714. The Morgan fingerprint density at radius 2 is 1.96 bits per heavy atom. The minimum atomic E-state index is 0.331. The monoisotopic (exact) mass is 317 g/mol. The van der Waals surface area contributed by atoms with Crippen LogP contribution >= 0.6 is 0 Å². The first kappa shape index (κ1) is 18.3. The Labute approximate surface area is 143 Å². The lowest BCUT2D eigenvalue weighted by atomic mass is 9.58. The largest absolute Gasteiger partial charge is 0.497 e. The molecular weight excluding hydrogens is 282 g/mol. The highest BCUT2D eigenvalue weighted by Gasteiger charge is 2.42. The molecule has 1 aliphatic carbocycles. The van der Waals surface area contributed by atoms with Gasteiger partial charge in [0, 0.05) is 0 Å². The third-order valence-electron chi connectivity index (χ3n) is 5.74. The molecule has 0 bridgehead atoms. The van der Waals surface area contributed by atoms with Gasteiger partial charge in [-0.1, -0.05) is 32.8 Å². The molecule has 1 aromatic rings. The summed E-state index contributed by atoms with van der Waals surface area (Å²) in [5.41, 5.74) is 3.48. The molecule has 2 nitrogen and oxygen atoms in total. The van der Waals surface area contributed by atoms with Gasteiger partial charge in [-0.05, 0) is 87.3 Å². The number of benzene rings is 1. The van der Waals surface area contributed by atoms with E-state index in [1.54, 1.807) is 18.2 Å². The lowest BCUT2D eigenvalue weighted by Crippen LogP contribution is -2.42. The van der Waals surface area contributed by atoms with Crippen LogP contribution in [0.25, 0.3) is 0 Å². The average molecular weight is 318 g/mol. The fourth-order valence-electron chi connectivity index (χ4n) is 4.63. The maximum atomic E-state index is 5.56. The molecule has 0 radical (unpaired) electrons. The Hall–Kier alpha value is -1.02. The third kappa shape index (κ3) is 3.91. The lowest BCUT2D eigenvalue weighted by Gasteiger charge is -2.47. The SMILES string of the molecule is CCCC1CCc2ccc(OC)cc2C1(CCC)CCN(C)C. The van der Waals surface area contributed by atoms with Crippen LogP contribution in [0, 0.1) is 5.92 Å². The normalized spacial score (nSPS) is 23.8. The summed E-state index contributed by atoms with van der Waals surface area (Å²) in [6.07, 6.45) is 9.04. The number of hydrogen-bond acceptors (Lipinski definition) is 2. The summed E-state index contributed by atoms with van der Waals surface area (Å²) in [5, 5.41) is 0. The van der Waals surface area contributed by atoms with Crippen LogP contribution in [-0.2, 0) is 11.8 Å². The van der Waals surface area contributed by atoms with E-state index in [1.807, 2.05) is 0 Å². The van der Waals surface area contributed by atoms with E-state index in [1.165, 1.54) is 44.9 Å². The van der Waals surface area contributed by atoms with Crippen molar-refractivity contribution >= 4 is 0 Å². The average Bonchev–Trinajstić information content (AvgIpc) is 2.55. The molecule has 0 N–H and O–H groups in total. The van der Waals surface area contributed by atoms with Crippen LogP contribution in [-0.4, -0.2) is 32.6 Å². The van der Waals surface area contributed by atoms with E-state index in [4.69, 9.17) is 4.74 Å². The summed E-state index contributed by atoms with van der Waals surface area (Å²) in [4.78, 5) is 2.34. The molecular formula is C21H35NO. The molecule has 23 heavy (non-hydrogen) atoms. The van der Waals surface area contributed by atoms with Crippen molar-refractivity contribution < 1.29 is 4.74 Å². The van der Waals surface area contributed by atoms with Gasteiger partial charge in [-0.2, -0.15) is 0 Å². The van der Waals surface area contributed by atoms with Crippen LogP contribution in [0.5, 0.6) is 5.75 Å². The molecule has 0 aliphatic heterocycles. The van der Waals surface area contributed by atoms with Gasteiger partial charge >= 0.3 is 0 Å². The Kier molecular flexibility index (Phi) is 6.52. The van der Waals surface area contributed by atoms with E-state index in [0.717, 1.165) is 18.2 Å². The summed E-state index contributed by atoms with van der Waals surface area (Å²) in [5.74, 6) is 1.83. The number of methoxy groups -OCH3 is 1. The smallest absolute Gasteiger partial charge is 0.119 e. The second-order valence-electron chi connectivity index (χ2n) is 7.51. The van der Waals surface area contributed by atoms with Crippen molar-refractivity contribution in [3.63, 3.8) is 0 Å². The zero-order valence-electron chi connectivity index (χ0n) is 15.8. The van der Waals surface area contributed by atoms with Crippen molar-refractivity contribution in [1.29, 1.82) is 0 Å². The van der Waals surface area contributed by atoms with Gasteiger partial charge in [0.2, 0.25) is 0 Å². The predicted molar refractivity (Wildman–Crippen MR) is 99.5 cm³/mol. The summed E-state index contributed by atoms with van der Waals surface area (Å²) >= 11 is 0. The number of hydrogen-bond donors (Lipinski definition) is 0. The van der Waals surface area contributed by atoms with Crippen LogP contribution in [0.4, 0.5) is 0 Å². The van der Waals surface area contributed by atoms with Crippen molar-refractivity contribution in [2.45, 2.75) is 64.2 Å². The first-order valence-corrected chi connectivity index (χ1v) is 9.39. The standard InChI is InChI=1S/C21H35NO/c1-6-8-18-11-9-17-10-12-19(23-5)16-20(17)21(18,13-7-2)14-15-22(3)4/h10,12,16,18H,6-9,11,13-15H2,1-5H3. The van der Waals surface area contributed by atoms with Crippen molar-refractivity contribution in [3.05, 3.63) is 29.3 Å². The molecule has 2 unspecified atom stereocenters. The van der Waals surface area contributed by atoms with E-state index in [0.29, 0.717) is 5.41 Å². The highest BCUT2D eigenvalue weighted by molar-refractivity contribution is 5.43. The Balaban J connectivity index is 2.49. The molecule has 0 amide bonds. The van der Waals surface area contributed by atoms with Gasteiger partial charge in [0.25, 0.3) is 0 Å². The fourth-order valence-corrected chi connectivity index (χ4v) is 4.63. The summed E-state index contributed by atoms with van der Waals surface area (Å²) in [6, 6.07) is 6.81. The Morgan fingerprint density at radius 3 is 2.57 bits per heavy atom. The van der Waals surface area contributed by atoms with E-state index in [9.17, 15) is 0 Å². The van der Waals surface area contributed by atoms with Crippen LogP contribution in [0.2, 0.25) is 0 Å². The van der Waals surface area contributed by atoms with Crippen LogP contribution < -0.4 is 4.74 Å².